The first-order valence-electron chi connectivity index (χ1n) is 11.5. The van der Waals surface area contributed by atoms with E-state index in [0.29, 0.717) is 48.9 Å². The highest BCUT2D eigenvalue weighted by Gasteiger charge is 2.24. The molecule has 182 valence electrons. The first-order chi connectivity index (χ1) is 17.7. The Bertz CT molecular complexity index is 1440. The van der Waals surface area contributed by atoms with Crippen molar-refractivity contribution in [1.29, 1.82) is 0 Å². The predicted octanol–water partition coefficient (Wildman–Crippen LogP) is 2.31. The van der Waals surface area contributed by atoms with Gasteiger partial charge in [0.15, 0.2) is 28.5 Å². The molecule has 0 aliphatic carbocycles. The molecule has 2 aliphatic heterocycles. The lowest BCUT2D eigenvalue weighted by atomic mass is 10.2. The van der Waals surface area contributed by atoms with E-state index in [4.69, 9.17) is 14.2 Å². The van der Waals surface area contributed by atoms with Gasteiger partial charge in [-0.25, -0.2) is 9.97 Å². The van der Waals surface area contributed by atoms with E-state index in [1.807, 2.05) is 47.4 Å². The summed E-state index contributed by atoms with van der Waals surface area (Å²) in [6, 6.07) is 13.1. The number of carbonyl (C=O) groups is 1. The molecule has 0 spiro atoms. The third-order valence-corrected chi connectivity index (χ3v) is 6.24. The van der Waals surface area contributed by atoms with Gasteiger partial charge in [-0.2, -0.15) is 4.68 Å². The normalized spacial score (nSPS) is 15.1. The second-order valence-corrected chi connectivity index (χ2v) is 8.33. The van der Waals surface area contributed by atoms with Gasteiger partial charge in [0, 0.05) is 32.3 Å². The molecule has 11 heteroatoms. The van der Waals surface area contributed by atoms with Gasteiger partial charge in [-0.1, -0.05) is 11.3 Å². The number of piperazine rings is 1. The molecule has 36 heavy (non-hydrogen) atoms. The van der Waals surface area contributed by atoms with Crippen LogP contribution in [0.2, 0.25) is 0 Å². The SMILES string of the molecule is COc1ccc(-n2nnc3c(N4CCN(C(=O)/C=C/c5ccc6c(c5)OCO6)CC4)ncnc32)cc1. The van der Waals surface area contributed by atoms with Crippen LogP contribution in [0.1, 0.15) is 5.56 Å². The quantitative estimate of drug-likeness (QED) is 0.394. The van der Waals surface area contributed by atoms with Gasteiger partial charge >= 0.3 is 0 Å². The van der Waals surface area contributed by atoms with Crippen molar-refractivity contribution in [3.05, 3.63) is 60.4 Å². The van der Waals surface area contributed by atoms with Gasteiger partial charge in [-0.15, -0.1) is 5.10 Å². The van der Waals surface area contributed by atoms with E-state index in [0.717, 1.165) is 22.7 Å². The number of ether oxygens (including phenoxy) is 3. The summed E-state index contributed by atoms with van der Waals surface area (Å²) in [4.78, 5) is 25.6. The second kappa shape index (κ2) is 9.17. The predicted molar refractivity (Wildman–Crippen MR) is 131 cm³/mol. The van der Waals surface area contributed by atoms with Crippen molar-refractivity contribution >= 4 is 29.0 Å². The van der Waals surface area contributed by atoms with Crippen molar-refractivity contribution in [2.24, 2.45) is 0 Å². The molecule has 1 amide bonds. The molecular formula is C25H23N7O4. The molecule has 2 aromatic carbocycles. The minimum absolute atomic E-state index is 0.0365. The molecule has 4 aromatic rings. The minimum Gasteiger partial charge on any atom is -0.497 e. The van der Waals surface area contributed by atoms with Gasteiger partial charge < -0.3 is 24.0 Å². The number of amides is 1. The van der Waals surface area contributed by atoms with Crippen LogP contribution < -0.4 is 19.1 Å². The maximum atomic E-state index is 12.8. The number of nitrogens with zero attached hydrogens (tertiary/aromatic N) is 7. The minimum atomic E-state index is -0.0365. The molecule has 6 rings (SSSR count). The average molecular weight is 486 g/mol. The van der Waals surface area contributed by atoms with Gasteiger partial charge in [0.2, 0.25) is 12.7 Å². The van der Waals surface area contributed by atoms with Gasteiger partial charge in [0.1, 0.15) is 12.1 Å². The highest BCUT2D eigenvalue weighted by Crippen LogP contribution is 2.33. The van der Waals surface area contributed by atoms with E-state index in [-0.39, 0.29) is 12.7 Å². The molecule has 0 saturated carbocycles. The van der Waals surface area contributed by atoms with E-state index in [1.54, 1.807) is 23.9 Å². The Morgan fingerprint density at radius 1 is 1.00 bits per heavy atom. The largest absolute Gasteiger partial charge is 0.497 e. The summed E-state index contributed by atoms with van der Waals surface area (Å²) < 4.78 is 17.6. The first-order valence-corrected chi connectivity index (χ1v) is 11.5. The van der Waals surface area contributed by atoms with Crippen LogP contribution in [0.15, 0.2) is 54.9 Å². The van der Waals surface area contributed by atoms with E-state index in [9.17, 15) is 4.79 Å². The van der Waals surface area contributed by atoms with Crippen LogP contribution in [0.3, 0.4) is 0 Å². The fraction of sp³-hybridized carbons (Fsp3) is 0.240. The van der Waals surface area contributed by atoms with Crippen LogP contribution >= 0.6 is 0 Å². The monoisotopic (exact) mass is 485 g/mol. The molecular weight excluding hydrogens is 462 g/mol. The fourth-order valence-corrected chi connectivity index (χ4v) is 4.29. The van der Waals surface area contributed by atoms with Gasteiger partial charge in [0.25, 0.3) is 0 Å². The van der Waals surface area contributed by atoms with Crippen molar-refractivity contribution < 1.29 is 19.0 Å². The molecule has 1 saturated heterocycles. The smallest absolute Gasteiger partial charge is 0.246 e. The Hall–Kier alpha value is -4.67. The van der Waals surface area contributed by atoms with Crippen LogP contribution in [-0.4, -0.2) is 75.9 Å². The maximum absolute atomic E-state index is 12.8. The third-order valence-electron chi connectivity index (χ3n) is 6.24. The summed E-state index contributed by atoms with van der Waals surface area (Å²) in [5.74, 6) is 2.85. The van der Waals surface area contributed by atoms with E-state index in [1.165, 1.54) is 6.33 Å². The molecule has 0 radical (unpaired) electrons. The number of benzene rings is 2. The van der Waals surface area contributed by atoms with Crippen molar-refractivity contribution in [3.63, 3.8) is 0 Å². The van der Waals surface area contributed by atoms with E-state index >= 15 is 0 Å². The number of fused-ring (bicyclic) bond motifs is 2. The summed E-state index contributed by atoms with van der Waals surface area (Å²) in [6.07, 6.45) is 4.91. The maximum Gasteiger partial charge on any atom is 0.246 e. The number of anilines is 1. The lowest BCUT2D eigenvalue weighted by Crippen LogP contribution is -2.48. The van der Waals surface area contributed by atoms with Crippen molar-refractivity contribution in [2.45, 2.75) is 0 Å². The zero-order valence-electron chi connectivity index (χ0n) is 19.6. The Morgan fingerprint density at radius 2 is 1.81 bits per heavy atom. The topological polar surface area (TPSA) is 108 Å². The highest BCUT2D eigenvalue weighted by atomic mass is 16.7. The Morgan fingerprint density at radius 3 is 2.61 bits per heavy atom. The number of hydrogen-bond acceptors (Lipinski definition) is 9. The number of hydrogen-bond donors (Lipinski definition) is 0. The van der Waals surface area contributed by atoms with Gasteiger partial charge in [-0.3, -0.25) is 4.79 Å². The lowest BCUT2D eigenvalue weighted by molar-refractivity contribution is -0.126. The first kappa shape index (κ1) is 21.8. The van der Waals surface area contributed by atoms with Crippen LogP contribution in [0.5, 0.6) is 17.2 Å². The number of carbonyl (C=O) groups excluding carboxylic acids is 1. The van der Waals surface area contributed by atoms with Gasteiger partial charge in [0.05, 0.1) is 12.8 Å². The summed E-state index contributed by atoms with van der Waals surface area (Å²) in [7, 11) is 1.63. The van der Waals surface area contributed by atoms with Crippen LogP contribution in [0, 0.1) is 0 Å². The standard InChI is InChI=1S/C25H23N7O4/c1-34-19-6-4-18(5-7-19)32-25-23(28-29-32)24(26-15-27-25)31-12-10-30(11-13-31)22(33)9-3-17-2-8-20-21(14-17)36-16-35-20/h2-9,14-15H,10-13,16H2,1H3/b9-3+. The molecule has 1 fully saturated rings. The Balaban J connectivity index is 1.14. The van der Waals surface area contributed by atoms with Crippen LogP contribution in [0.25, 0.3) is 22.9 Å². The number of methoxy groups -OCH3 is 1. The lowest BCUT2D eigenvalue weighted by Gasteiger charge is -2.34. The molecule has 0 atom stereocenters. The second-order valence-electron chi connectivity index (χ2n) is 8.33. The summed E-state index contributed by atoms with van der Waals surface area (Å²) in [5.41, 5.74) is 2.95. The fourth-order valence-electron chi connectivity index (χ4n) is 4.29. The molecule has 0 bridgehead atoms. The number of rotatable bonds is 5. The zero-order valence-corrected chi connectivity index (χ0v) is 19.6. The molecule has 0 N–H and O–H groups in total. The van der Waals surface area contributed by atoms with Crippen molar-refractivity contribution in [1.82, 2.24) is 29.9 Å². The van der Waals surface area contributed by atoms with Crippen LogP contribution in [0.4, 0.5) is 5.82 Å². The third kappa shape index (κ3) is 4.04. The van der Waals surface area contributed by atoms with Crippen molar-refractivity contribution in [2.75, 3.05) is 45.0 Å². The Labute approximate surface area is 206 Å². The highest BCUT2D eigenvalue weighted by molar-refractivity contribution is 5.92. The van der Waals surface area contributed by atoms with Gasteiger partial charge in [-0.05, 0) is 48.0 Å². The molecule has 4 heterocycles. The Kier molecular flexibility index (Phi) is 5.56. The molecule has 2 aliphatic rings. The molecule has 11 nitrogen and oxygen atoms in total. The molecule has 2 aromatic heterocycles. The van der Waals surface area contributed by atoms with E-state index in [2.05, 4.69) is 25.2 Å². The summed E-state index contributed by atoms with van der Waals surface area (Å²) in [5, 5.41) is 8.66. The van der Waals surface area contributed by atoms with E-state index < -0.39 is 0 Å². The summed E-state index contributed by atoms with van der Waals surface area (Å²) in [6.45, 7) is 2.63. The molecule has 0 unspecified atom stereocenters. The summed E-state index contributed by atoms with van der Waals surface area (Å²) >= 11 is 0. The zero-order chi connectivity index (χ0) is 24.5. The number of aromatic nitrogens is 5. The average Bonchev–Trinajstić information content (AvgIpc) is 3.59. The van der Waals surface area contributed by atoms with Crippen molar-refractivity contribution in [3.8, 4) is 22.9 Å². The van der Waals surface area contributed by atoms with Crippen LogP contribution in [-0.2, 0) is 4.79 Å².